The summed E-state index contributed by atoms with van der Waals surface area (Å²) < 4.78 is 7.55. The first-order chi connectivity index (χ1) is 13.2. The lowest BCUT2D eigenvalue weighted by molar-refractivity contribution is 0.414. The fourth-order valence-corrected chi connectivity index (χ4v) is 3.93. The molecule has 6 heteroatoms. The lowest BCUT2D eigenvalue weighted by Crippen LogP contribution is -2.02. The normalized spacial score (nSPS) is 12.4. The molecule has 2 aromatic heterocycles. The quantitative estimate of drug-likeness (QED) is 0.462. The third-order valence-corrected chi connectivity index (χ3v) is 5.87. The number of thioether (sulfide) groups is 1. The predicted octanol–water partition coefficient (Wildman–Crippen LogP) is 5.31. The van der Waals surface area contributed by atoms with Crippen molar-refractivity contribution in [2.24, 2.45) is 0 Å². The van der Waals surface area contributed by atoms with Crippen LogP contribution in [0.4, 0.5) is 0 Å². The van der Waals surface area contributed by atoms with Crippen LogP contribution >= 0.6 is 11.8 Å². The summed E-state index contributed by atoms with van der Waals surface area (Å²) in [7, 11) is 1.68. The van der Waals surface area contributed by atoms with E-state index in [-0.39, 0.29) is 0 Å². The molecule has 4 rings (SSSR count). The summed E-state index contributed by atoms with van der Waals surface area (Å²) in [6.45, 7) is 4.39. The van der Waals surface area contributed by atoms with Crippen LogP contribution in [0.3, 0.4) is 0 Å². The Bertz CT molecular complexity index is 1070. The summed E-state index contributed by atoms with van der Waals surface area (Å²) in [5.41, 5.74) is 3.12. The molecule has 4 aromatic rings. The predicted molar refractivity (Wildman–Crippen MR) is 111 cm³/mol. The van der Waals surface area contributed by atoms with Crippen molar-refractivity contribution in [2.45, 2.75) is 30.7 Å². The smallest absolute Gasteiger partial charge is 0.196 e. The van der Waals surface area contributed by atoms with Gasteiger partial charge in [0.2, 0.25) is 0 Å². The first-order valence-electron chi connectivity index (χ1n) is 9.04. The van der Waals surface area contributed by atoms with Crippen LogP contribution in [-0.4, -0.2) is 32.1 Å². The molecule has 0 aliphatic rings. The Morgan fingerprint density at radius 1 is 1.15 bits per heavy atom. The number of methoxy groups -OCH3 is 1. The third-order valence-electron chi connectivity index (χ3n) is 4.66. The van der Waals surface area contributed by atoms with Crippen molar-refractivity contribution < 1.29 is 4.74 Å². The summed E-state index contributed by atoms with van der Waals surface area (Å²) in [6.07, 6.45) is 3.07. The Morgan fingerprint density at radius 2 is 2.00 bits per heavy atom. The fraction of sp³-hybridized carbons (Fsp3) is 0.238. The second-order valence-corrected chi connectivity index (χ2v) is 7.83. The van der Waals surface area contributed by atoms with Gasteiger partial charge in [0, 0.05) is 34.0 Å². The average Bonchev–Trinajstić information content (AvgIpc) is 3.31. The van der Waals surface area contributed by atoms with Crippen molar-refractivity contribution in [3.63, 3.8) is 0 Å². The molecule has 0 unspecified atom stereocenters. The third kappa shape index (κ3) is 3.32. The van der Waals surface area contributed by atoms with Crippen molar-refractivity contribution in [1.82, 2.24) is 19.7 Å². The van der Waals surface area contributed by atoms with Gasteiger partial charge in [-0.3, -0.25) is 4.57 Å². The fourth-order valence-electron chi connectivity index (χ4n) is 3.02. The molecular formula is C21H22N4OS. The standard InChI is InChI=1S/C21H22N4OS/c1-4-14(2)27-21-24-23-20(18-13-22-19-11-6-5-10-17(18)19)25(21)15-8-7-9-16(12-15)26-3/h5-14,22H,4H2,1-3H3/t14-/m0/s1. The number of hydrogen-bond donors (Lipinski definition) is 1. The number of para-hydroxylation sites is 1. The van der Waals surface area contributed by atoms with Crippen molar-refractivity contribution in [3.05, 3.63) is 54.7 Å². The van der Waals surface area contributed by atoms with E-state index in [0.717, 1.165) is 45.3 Å². The van der Waals surface area contributed by atoms with Crippen LogP contribution in [0.25, 0.3) is 28.0 Å². The number of H-pyrrole nitrogens is 1. The highest BCUT2D eigenvalue weighted by Crippen LogP contribution is 2.34. The van der Waals surface area contributed by atoms with E-state index in [1.165, 1.54) is 0 Å². The van der Waals surface area contributed by atoms with Crippen LogP contribution in [0.2, 0.25) is 0 Å². The van der Waals surface area contributed by atoms with E-state index in [1.54, 1.807) is 18.9 Å². The van der Waals surface area contributed by atoms with E-state index >= 15 is 0 Å². The highest BCUT2D eigenvalue weighted by molar-refractivity contribution is 7.99. The monoisotopic (exact) mass is 378 g/mol. The number of ether oxygens (including phenoxy) is 1. The molecule has 1 N–H and O–H groups in total. The van der Waals surface area contributed by atoms with E-state index in [9.17, 15) is 0 Å². The van der Waals surface area contributed by atoms with Crippen LogP contribution in [-0.2, 0) is 0 Å². The second kappa shape index (κ2) is 7.48. The molecule has 0 bridgehead atoms. The molecule has 1 atom stereocenters. The number of rotatable bonds is 6. The highest BCUT2D eigenvalue weighted by Gasteiger charge is 2.20. The second-order valence-electron chi connectivity index (χ2n) is 6.43. The van der Waals surface area contributed by atoms with Gasteiger partial charge < -0.3 is 9.72 Å². The summed E-state index contributed by atoms with van der Waals surface area (Å²) in [5.74, 6) is 1.64. The molecule has 0 spiro atoms. The van der Waals surface area contributed by atoms with Gasteiger partial charge in [-0.05, 0) is 24.6 Å². The molecule has 0 saturated carbocycles. The Kier molecular flexibility index (Phi) is 4.90. The van der Waals surface area contributed by atoms with Crippen LogP contribution in [0.5, 0.6) is 5.75 Å². The van der Waals surface area contributed by atoms with Gasteiger partial charge in [-0.15, -0.1) is 10.2 Å². The van der Waals surface area contributed by atoms with E-state index in [0.29, 0.717) is 5.25 Å². The van der Waals surface area contributed by atoms with Gasteiger partial charge >= 0.3 is 0 Å². The van der Waals surface area contributed by atoms with Crippen LogP contribution in [0.1, 0.15) is 20.3 Å². The Labute approximate surface area is 162 Å². The van der Waals surface area contributed by atoms with E-state index in [4.69, 9.17) is 4.74 Å². The molecule has 0 radical (unpaired) electrons. The molecule has 27 heavy (non-hydrogen) atoms. The molecule has 0 saturated heterocycles. The topological polar surface area (TPSA) is 55.7 Å². The molecule has 2 heterocycles. The number of aromatic amines is 1. The Morgan fingerprint density at radius 3 is 2.81 bits per heavy atom. The van der Waals surface area contributed by atoms with Gasteiger partial charge in [-0.1, -0.05) is 49.9 Å². The van der Waals surface area contributed by atoms with Gasteiger partial charge in [0.1, 0.15) is 5.75 Å². The van der Waals surface area contributed by atoms with E-state index in [1.807, 2.05) is 36.5 Å². The lowest BCUT2D eigenvalue weighted by Gasteiger charge is -2.13. The molecule has 138 valence electrons. The molecular weight excluding hydrogens is 356 g/mol. The SMILES string of the molecule is CC[C@H](C)Sc1nnc(-c2c[nH]c3ccccc23)n1-c1cccc(OC)c1. The molecule has 0 aliphatic carbocycles. The zero-order chi connectivity index (χ0) is 18.8. The maximum absolute atomic E-state index is 5.43. The molecule has 0 amide bonds. The Hall–Kier alpha value is -2.73. The molecule has 5 nitrogen and oxygen atoms in total. The van der Waals surface area contributed by atoms with Crippen LogP contribution in [0.15, 0.2) is 59.9 Å². The van der Waals surface area contributed by atoms with Gasteiger partial charge in [0.25, 0.3) is 0 Å². The highest BCUT2D eigenvalue weighted by atomic mass is 32.2. The minimum absolute atomic E-state index is 0.453. The number of fused-ring (bicyclic) bond motifs is 1. The number of nitrogens with one attached hydrogen (secondary N) is 1. The first-order valence-corrected chi connectivity index (χ1v) is 9.92. The molecule has 0 aliphatic heterocycles. The van der Waals surface area contributed by atoms with Crippen molar-refractivity contribution in [3.8, 4) is 22.8 Å². The lowest BCUT2D eigenvalue weighted by atomic mass is 10.1. The summed E-state index contributed by atoms with van der Waals surface area (Å²) >= 11 is 1.74. The number of nitrogens with zero attached hydrogens (tertiary/aromatic N) is 3. The molecule has 2 aromatic carbocycles. The first kappa shape index (κ1) is 17.7. The van der Waals surface area contributed by atoms with E-state index in [2.05, 4.69) is 51.8 Å². The summed E-state index contributed by atoms with van der Waals surface area (Å²) in [5, 5.41) is 11.6. The number of benzene rings is 2. The maximum atomic E-state index is 5.43. The van der Waals surface area contributed by atoms with Crippen molar-refractivity contribution >= 4 is 22.7 Å². The summed E-state index contributed by atoms with van der Waals surface area (Å²) in [6, 6.07) is 16.3. The summed E-state index contributed by atoms with van der Waals surface area (Å²) in [4.78, 5) is 3.34. The van der Waals surface area contributed by atoms with Gasteiger partial charge in [0.15, 0.2) is 11.0 Å². The number of hydrogen-bond acceptors (Lipinski definition) is 4. The Balaban J connectivity index is 1.91. The van der Waals surface area contributed by atoms with Gasteiger partial charge in [0.05, 0.1) is 12.8 Å². The van der Waals surface area contributed by atoms with Gasteiger partial charge in [-0.25, -0.2) is 0 Å². The minimum Gasteiger partial charge on any atom is -0.497 e. The maximum Gasteiger partial charge on any atom is 0.196 e. The molecule has 0 fully saturated rings. The van der Waals surface area contributed by atoms with Crippen molar-refractivity contribution in [2.75, 3.05) is 7.11 Å². The largest absolute Gasteiger partial charge is 0.497 e. The van der Waals surface area contributed by atoms with Crippen LogP contribution < -0.4 is 4.74 Å². The number of aromatic nitrogens is 4. The average molecular weight is 379 g/mol. The zero-order valence-corrected chi connectivity index (χ0v) is 16.5. The van der Waals surface area contributed by atoms with Crippen molar-refractivity contribution in [1.29, 1.82) is 0 Å². The zero-order valence-electron chi connectivity index (χ0n) is 15.6. The van der Waals surface area contributed by atoms with Gasteiger partial charge in [-0.2, -0.15) is 0 Å². The van der Waals surface area contributed by atoms with Crippen LogP contribution in [0, 0.1) is 0 Å². The van der Waals surface area contributed by atoms with E-state index < -0.39 is 0 Å². The minimum atomic E-state index is 0.453.